The summed E-state index contributed by atoms with van der Waals surface area (Å²) in [5.74, 6) is 1.61. The molecule has 3 aliphatic rings. The summed E-state index contributed by atoms with van der Waals surface area (Å²) >= 11 is 0. The molecule has 8 rings (SSSR count). The van der Waals surface area contributed by atoms with Gasteiger partial charge >= 0.3 is 0 Å². The zero-order valence-corrected chi connectivity index (χ0v) is 25.0. The zero-order chi connectivity index (χ0) is 29.0. The predicted octanol–water partition coefficient (Wildman–Crippen LogP) is 7.52. The number of aryl methyl sites for hydroxylation is 1. The molecule has 0 radical (unpaired) electrons. The van der Waals surface area contributed by atoms with Gasteiger partial charge in [0.25, 0.3) is 5.91 Å². The van der Waals surface area contributed by atoms with E-state index in [1.807, 2.05) is 35.2 Å². The fourth-order valence-electron chi connectivity index (χ4n) is 8.65. The molecule has 3 saturated heterocycles. The average Bonchev–Trinajstić information content (AvgIpc) is 3.70. The molecule has 3 aromatic carbocycles. The van der Waals surface area contributed by atoms with E-state index in [0.29, 0.717) is 23.9 Å². The predicted molar refractivity (Wildman–Crippen MR) is 170 cm³/mol. The fraction of sp³-hybridized carbons (Fsp3) is 0.405. The summed E-state index contributed by atoms with van der Waals surface area (Å²) in [5, 5.41) is 0.983. The van der Waals surface area contributed by atoms with Crippen LogP contribution in [-0.4, -0.2) is 57.0 Å². The first-order valence-corrected chi connectivity index (χ1v) is 16.1. The van der Waals surface area contributed by atoms with Gasteiger partial charge in [0.2, 0.25) is 0 Å². The van der Waals surface area contributed by atoms with Gasteiger partial charge in [-0.2, -0.15) is 0 Å². The quantitative estimate of drug-likeness (QED) is 0.211. The summed E-state index contributed by atoms with van der Waals surface area (Å²) in [6, 6.07) is 31.2. The van der Waals surface area contributed by atoms with Crippen LogP contribution in [0.15, 0.2) is 89.3 Å². The highest BCUT2D eigenvalue weighted by Gasteiger charge is 2.44. The van der Waals surface area contributed by atoms with Gasteiger partial charge in [0.1, 0.15) is 11.4 Å². The number of carbonyl (C=O) groups excluding carboxylic acids is 1. The Morgan fingerprint density at radius 3 is 2.35 bits per heavy atom. The third-order valence-corrected chi connectivity index (χ3v) is 10.9. The fourth-order valence-corrected chi connectivity index (χ4v) is 8.65. The summed E-state index contributed by atoms with van der Waals surface area (Å²) in [6.45, 7) is 4.81. The van der Waals surface area contributed by atoms with Crippen LogP contribution in [0.5, 0.6) is 0 Å². The van der Waals surface area contributed by atoms with E-state index < -0.39 is 0 Å². The highest BCUT2D eigenvalue weighted by atomic mass is 16.3. The minimum absolute atomic E-state index is 0.0142. The summed E-state index contributed by atoms with van der Waals surface area (Å²) in [7, 11) is 0. The molecule has 0 N–H and O–H groups in total. The third kappa shape index (κ3) is 4.67. The lowest BCUT2D eigenvalue weighted by Crippen LogP contribution is -2.49. The second-order valence-corrected chi connectivity index (χ2v) is 13.1. The maximum Gasteiger partial charge on any atom is 0.289 e. The van der Waals surface area contributed by atoms with Crippen LogP contribution < -0.4 is 0 Å². The van der Waals surface area contributed by atoms with Crippen molar-refractivity contribution in [2.45, 2.75) is 75.4 Å². The van der Waals surface area contributed by atoms with Crippen molar-refractivity contribution in [3.05, 3.63) is 102 Å². The number of aromatic nitrogens is 2. The molecule has 0 aliphatic carbocycles. The third-order valence-electron chi connectivity index (χ3n) is 10.9. The van der Waals surface area contributed by atoms with Crippen molar-refractivity contribution >= 4 is 27.9 Å². The van der Waals surface area contributed by atoms with Crippen LogP contribution in [0.1, 0.15) is 72.9 Å². The smallest absolute Gasteiger partial charge is 0.289 e. The standard InChI is InChI=1S/C37H40N4O2/c1-26-38-32-12-6-7-13-33(32)41(26)31-24-29-15-16-30(25-31)40(29)22-19-37(28-10-3-2-4-11-28)17-20-39(21-18-37)36(42)35-23-27-9-5-8-14-34(27)43-35/h2-14,23,29-31H,15-22,24-25H2,1H3/t29-,30+,31+. The van der Waals surface area contributed by atoms with Gasteiger partial charge in [-0.15, -0.1) is 0 Å². The molecule has 2 bridgehead atoms. The number of likely N-dealkylation sites (tertiary alicyclic amines) is 1. The SMILES string of the molecule is Cc1nc2ccccc2n1[C@H]1C[C@H]2CC[C@@H](C1)N2CCC1(c2ccccc2)CCN(C(=O)c2cc3ccccc3o2)CC1. The molecule has 3 aliphatic heterocycles. The number of carbonyl (C=O) groups is 1. The number of hydrogen-bond acceptors (Lipinski definition) is 4. The average molecular weight is 573 g/mol. The molecule has 2 aromatic heterocycles. The lowest BCUT2D eigenvalue weighted by Gasteiger charge is -2.45. The normalized spacial score (nSPS) is 23.7. The minimum atomic E-state index is 0.0142. The van der Waals surface area contributed by atoms with Crippen molar-refractivity contribution in [2.75, 3.05) is 19.6 Å². The Bertz CT molecular complexity index is 1720. The number of fused-ring (bicyclic) bond motifs is 4. The van der Waals surface area contributed by atoms with Crippen LogP contribution in [0.25, 0.3) is 22.0 Å². The molecule has 3 fully saturated rings. The molecule has 0 saturated carbocycles. The molecule has 6 nitrogen and oxygen atoms in total. The minimum Gasteiger partial charge on any atom is -0.451 e. The lowest BCUT2D eigenvalue weighted by atomic mass is 9.70. The van der Waals surface area contributed by atoms with E-state index in [2.05, 4.69) is 71.0 Å². The van der Waals surface area contributed by atoms with Crippen molar-refractivity contribution in [3.8, 4) is 0 Å². The van der Waals surface area contributed by atoms with Crippen LogP contribution in [0.4, 0.5) is 0 Å². The molecule has 5 heterocycles. The van der Waals surface area contributed by atoms with E-state index in [9.17, 15) is 4.79 Å². The maximum atomic E-state index is 13.5. The first kappa shape index (κ1) is 26.7. The highest BCUT2D eigenvalue weighted by molar-refractivity contribution is 5.96. The van der Waals surface area contributed by atoms with E-state index in [4.69, 9.17) is 9.40 Å². The zero-order valence-electron chi connectivity index (χ0n) is 25.0. The van der Waals surface area contributed by atoms with Crippen molar-refractivity contribution < 1.29 is 9.21 Å². The Labute approximate surface area is 253 Å². The Morgan fingerprint density at radius 2 is 1.58 bits per heavy atom. The van der Waals surface area contributed by atoms with Crippen LogP contribution in [-0.2, 0) is 5.41 Å². The first-order valence-electron chi connectivity index (χ1n) is 16.1. The van der Waals surface area contributed by atoms with Crippen LogP contribution >= 0.6 is 0 Å². The van der Waals surface area contributed by atoms with Crippen molar-refractivity contribution in [3.63, 3.8) is 0 Å². The number of piperidine rings is 2. The van der Waals surface area contributed by atoms with Crippen LogP contribution in [0.3, 0.4) is 0 Å². The van der Waals surface area contributed by atoms with Crippen molar-refractivity contribution in [2.24, 2.45) is 0 Å². The Kier molecular flexibility index (Phi) is 6.63. The van der Waals surface area contributed by atoms with Gasteiger partial charge in [-0.1, -0.05) is 60.7 Å². The Balaban J connectivity index is 0.980. The molecule has 5 aromatic rings. The summed E-state index contributed by atoms with van der Waals surface area (Å²) in [5.41, 5.74) is 4.68. The van der Waals surface area contributed by atoms with Crippen LogP contribution in [0.2, 0.25) is 0 Å². The van der Waals surface area contributed by atoms with Gasteiger partial charge in [0.15, 0.2) is 5.76 Å². The molecule has 43 heavy (non-hydrogen) atoms. The number of amides is 1. The van der Waals surface area contributed by atoms with Gasteiger partial charge in [-0.25, -0.2) is 4.98 Å². The van der Waals surface area contributed by atoms with Gasteiger partial charge in [-0.3, -0.25) is 9.69 Å². The lowest BCUT2D eigenvalue weighted by molar-refractivity contribution is 0.0582. The van der Waals surface area contributed by atoms with E-state index in [1.54, 1.807) is 0 Å². The summed E-state index contributed by atoms with van der Waals surface area (Å²) in [4.78, 5) is 23.2. The highest BCUT2D eigenvalue weighted by Crippen LogP contribution is 2.45. The van der Waals surface area contributed by atoms with Crippen molar-refractivity contribution in [1.29, 1.82) is 0 Å². The first-order chi connectivity index (χ1) is 21.1. The molecular weight excluding hydrogens is 532 g/mol. The van der Waals surface area contributed by atoms with Gasteiger partial charge < -0.3 is 13.9 Å². The Hall–Kier alpha value is -3.90. The van der Waals surface area contributed by atoms with Gasteiger partial charge in [0, 0.05) is 36.6 Å². The molecule has 0 unspecified atom stereocenters. The number of para-hydroxylation sites is 3. The van der Waals surface area contributed by atoms with Gasteiger partial charge in [0.05, 0.1) is 11.0 Å². The summed E-state index contributed by atoms with van der Waals surface area (Å²) < 4.78 is 8.47. The summed E-state index contributed by atoms with van der Waals surface area (Å²) in [6.07, 6.45) is 8.10. The topological polar surface area (TPSA) is 54.5 Å². The number of imidazole rings is 1. The molecular formula is C37H40N4O2. The largest absolute Gasteiger partial charge is 0.451 e. The number of furan rings is 1. The van der Waals surface area contributed by atoms with E-state index in [-0.39, 0.29) is 11.3 Å². The molecule has 3 atom stereocenters. The molecule has 1 amide bonds. The molecule has 6 heteroatoms. The van der Waals surface area contributed by atoms with E-state index in [1.165, 1.54) is 36.8 Å². The number of hydrogen-bond donors (Lipinski definition) is 0. The molecule has 0 spiro atoms. The van der Waals surface area contributed by atoms with Crippen LogP contribution in [0, 0.1) is 6.92 Å². The number of rotatable bonds is 6. The monoisotopic (exact) mass is 572 g/mol. The van der Waals surface area contributed by atoms with Gasteiger partial charge in [-0.05, 0) is 93.7 Å². The second kappa shape index (κ2) is 10.7. The maximum absolute atomic E-state index is 13.5. The van der Waals surface area contributed by atoms with E-state index >= 15 is 0 Å². The number of nitrogens with zero attached hydrogens (tertiary/aromatic N) is 4. The van der Waals surface area contributed by atoms with E-state index in [0.717, 1.165) is 61.2 Å². The second-order valence-electron chi connectivity index (χ2n) is 13.1. The van der Waals surface area contributed by atoms with Crippen molar-refractivity contribution in [1.82, 2.24) is 19.4 Å². The molecule has 220 valence electrons. The Morgan fingerprint density at radius 1 is 0.884 bits per heavy atom. The number of benzene rings is 3.